The lowest BCUT2D eigenvalue weighted by atomic mass is 10.1. The zero-order chi connectivity index (χ0) is 32.2. The van der Waals surface area contributed by atoms with Crippen molar-refractivity contribution in [3.63, 3.8) is 0 Å². The number of halogens is 6. The van der Waals surface area contributed by atoms with Gasteiger partial charge in [-0.25, -0.2) is 18.1 Å². The van der Waals surface area contributed by atoms with E-state index in [1.54, 1.807) is 14.0 Å². The van der Waals surface area contributed by atoms with Gasteiger partial charge in [0.15, 0.2) is 0 Å². The number of aromatic nitrogens is 4. The number of nitrogens with one attached hydrogen (secondary N) is 1. The van der Waals surface area contributed by atoms with Gasteiger partial charge in [0.05, 0.1) is 32.5 Å². The third-order valence-corrected chi connectivity index (χ3v) is 9.62. The van der Waals surface area contributed by atoms with Gasteiger partial charge in [0, 0.05) is 43.2 Å². The maximum Gasteiger partial charge on any atom is 0.276 e. The Morgan fingerprint density at radius 3 is 1.62 bits per heavy atom. The highest BCUT2D eigenvalue weighted by atomic mass is 35.5. The van der Waals surface area contributed by atoms with E-state index in [4.69, 9.17) is 52.1 Å². The van der Waals surface area contributed by atoms with Crippen molar-refractivity contribution < 1.29 is 13.6 Å². The number of carbonyl (C=O) groups is 1. The molecule has 0 bridgehead atoms. The summed E-state index contributed by atoms with van der Waals surface area (Å²) in [5.41, 5.74) is 5.98. The molecule has 0 saturated heterocycles. The van der Waals surface area contributed by atoms with Crippen LogP contribution in [-0.2, 0) is 31.0 Å². The molecule has 1 aliphatic carbocycles. The van der Waals surface area contributed by atoms with Crippen molar-refractivity contribution in [2.75, 3.05) is 11.1 Å². The fourth-order valence-electron chi connectivity index (χ4n) is 5.68. The van der Waals surface area contributed by atoms with Crippen molar-refractivity contribution in [1.82, 2.24) is 18.7 Å². The molecule has 4 aromatic rings. The van der Waals surface area contributed by atoms with Gasteiger partial charge < -0.3 is 11.1 Å². The van der Waals surface area contributed by atoms with Gasteiger partial charge in [0.2, 0.25) is 5.91 Å². The van der Waals surface area contributed by atoms with Crippen LogP contribution in [0, 0.1) is 17.6 Å². The van der Waals surface area contributed by atoms with Crippen LogP contribution in [0.5, 0.6) is 0 Å². The molecule has 2 aliphatic heterocycles. The smallest absolute Gasteiger partial charge is 0.276 e. The molecule has 1 amide bonds. The van der Waals surface area contributed by atoms with E-state index in [0.717, 1.165) is 50.7 Å². The molecule has 3 N–H and O–H groups in total. The summed E-state index contributed by atoms with van der Waals surface area (Å²) in [7, 11) is 0. The molecule has 15 heteroatoms. The maximum absolute atomic E-state index is 14.5. The fraction of sp³-hybridized carbons (Fsp3) is 0.367. The first-order valence-corrected chi connectivity index (χ1v) is 16.0. The third-order valence-electron chi connectivity index (χ3n) is 8.21. The van der Waals surface area contributed by atoms with E-state index in [1.165, 1.54) is 16.8 Å². The zero-order valence-electron chi connectivity index (χ0n) is 23.8. The van der Waals surface area contributed by atoms with Gasteiger partial charge in [0.25, 0.3) is 11.1 Å². The van der Waals surface area contributed by atoms with Gasteiger partial charge in [-0.1, -0.05) is 46.4 Å². The minimum Gasteiger partial charge on any atom is -0.398 e. The lowest BCUT2D eigenvalue weighted by Crippen LogP contribution is -2.27. The largest absolute Gasteiger partial charge is 0.398 e. The molecule has 0 spiro atoms. The van der Waals surface area contributed by atoms with Crippen LogP contribution in [0.15, 0.2) is 33.9 Å². The monoisotopic (exact) mass is 698 g/mol. The predicted octanol–water partition coefficient (Wildman–Crippen LogP) is 7.04. The van der Waals surface area contributed by atoms with Crippen molar-refractivity contribution in [3.8, 4) is 22.3 Å². The summed E-state index contributed by atoms with van der Waals surface area (Å²) in [4.78, 5) is 37.1. The average Bonchev–Trinajstić information content (AvgIpc) is 3.80. The first-order chi connectivity index (χ1) is 21.5. The fourth-order valence-corrected chi connectivity index (χ4v) is 6.74. The molecular formula is C30H28Cl4F2N6O3. The van der Waals surface area contributed by atoms with Crippen molar-refractivity contribution in [3.05, 3.63) is 77.0 Å². The van der Waals surface area contributed by atoms with Crippen LogP contribution in [-0.4, -0.2) is 24.6 Å². The number of fused-ring (bicyclic) bond motifs is 2. The van der Waals surface area contributed by atoms with Gasteiger partial charge in [-0.15, -0.1) is 0 Å². The summed E-state index contributed by atoms with van der Waals surface area (Å²) < 4.78 is 35.1. The Morgan fingerprint density at radius 1 is 0.711 bits per heavy atom. The quantitative estimate of drug-likeness (QED) is 0.223. The number of nitrogens with zero attached hydrogens (tertiary/aromatic N) is 4. The van der Waals surface area contributed by atoms with Crippen LogP contribution in [0.4, 0.5) is 20.2 Å². The number of benzene rings is 2. The second-order valence-corrected chi connectivity index (χ2v) is 12.8. The van der Waals surface area contributed by atoms with Crippen LogP contribution < -0.4 is 22.2 Å². The minimum absolute atomic E-state index is 0.0134. The Balaban J connectivity index is 0.000000163. The molecule has 238 valence electrons. The Bertz CT molecular complexity index is 1960. The Kier molecular flexibility index (Phi) is 8.82. The van der Waals surface area contributed by atoms with Gasteiger partial charge in [-0.3, -0.25) is 23.7 Å². The minimum atomic E-state index is -0.642. The van der Waals surface area contributed by atoms with Gasteiger partial charge in [-0.05, 0) is 62.8 Å². The number of anilines is 2. The van der Waals surface area contributed by atoms with E-state index in [-0.39, 0.29) is 71.2 Å². The van der Waals surface area contributed by atoms with Crippen molar-refractivity contribution >= 4 is 63.7 Å². The second-order valence-electron chi connectivity index (χ2n) is 11.3. The van der Waals surface area contributed by atoms with Crippen molar-refractivity contribution in [2.45, 2.75) is 64.7 Å². The topological polar surface area (TPSA) is 109 Å². The number of carbonyl (C=O) groups excluding carboxylic acids is 1. The normalized spacial score (nSPS) is 15.6. The van der Waals surface area contributed by atoms with Gasteiger partial charge >= 0.3 is 0 Å². The first-order valence-electron chi connectivity index (χ1n) is 14.5. The van der Waals surface area contributed by atoms with Gasteiger partial charge in [0.1, 0.15) is 21.9 Å². The maximum atomic E-state index is 14.5. The molecule has 7 rings (SSSR count). The standard InChI is InChI=1S/C17H16Cl2FN3O2.C13H12Cl2FN3O/c18-11-8-12(20)10(7-13(11)21-16(24)9-3-4-9)14-15(19)22-5-1-2-6-23(22)17(14)25;14-8-6-9(16)7(5-10(8)17)11-12(15)18-3-1-2-4-19(18)13(11)20/h7-9H,1-6H2,(H,21,24);5-6H,1-4,17H2. The number of hydrogen-bond donors (Lipinski definition) is 2. The number of nitrogens with two attached hydrogens (primary N) is 1. The lowest BCUT2D eigenvalue weighted by molar-refractivity contribution is -0.117. The van der Waals surface area contributed by atoms with E-state index in [2.05, 4.69) is 5.32 Å². The summed E-state index contributed by atoms with van der Waals surface area (Å²) in [6, 6.07) is 4.96. The summed E-state index contributed by atoms with van der Waals surface area (Å²) >= 11 is 24.4. The van der Waals surface area contributed by atoms with Crippen LogP contribution in [0.1, 0.15) is 38.5 Å². The van der Waals surface area contributed by atoms with Crippen LogP contribution in [0.2, 0.25) is 20.4 Å². The van der Waals surface area contributed by atoms with Crippen LogP contribution >= 0.6 is 46.4 Å². The SMILES string of the molecule is Nc1cc(-c2c(Cl)n3n(c2=O)CCCC3)c(F)cc1Cl.O=C(Nc1cc(-c2c(Cl)n3n(c2=O)CCCC3)c(F)cc1Cl)C1CC1. The van der Waals surface area contributed by atoms with E-state index < -0.39 is 11.6 Å². The molecule has 1 saturated carbocycles. The molecule has 2 aromatic heterocycles. The molecule has 45 heavy (non-hydrogen) atoms. The number of amides is 1. The summed E-state index contributed by atoms with van der Waals surface area (Å²) in [6.07, 6.45) is 5.34. The Labute approximate surface area is 276 Å². The zero-order valence-corrected chi connectivity index (χ0v) is 26.8. The highest BCUT2D eigenvalue weighted by Gasteiger charge is 2.31. The highest BCUT2D eigenvalue weighted by molar-refractivity contribution is 6.35. The van der Waals surface area contributed by atoms with E-state index >= 15 is 0 Å². The summed E-state index contributed by atoms with van der Waals surface area (Å²) in [6.45, 7) is 2.41. The molecular weight excluding hydrogens is 672 g/mol. The summed E-state index contributed by atoms with van der Waals surface area (Å²) in [5.74, 6) is -1.40. The second kappa shape index (κ2) is 12.5. The Morgan fingerprint density at radius 2 is 1.16 bits per heavy atom. The predicted molar refractivity (Wildman–Crippen MR) is 172 cm³/mol. The molecule has 2 aromatic carbocycles. The van der Waals surface area contributed by atoms with Crippen molar-refractivity contribution in [1.29, 1.82) is 0 Å². The number of rotatable bonds is 4. The third kappa shape index (κ3) is 5.91. The van der Waals surface area contributed by atoms with E-state index in [0.29, 0.717) is 31.9 Å². The molecule has 0 unspecified atom stereocenters. The Hall–Kier alpha value is -3.25. The van der Waals surface area contributed by atoms with Crippen LogP contribution in [0.25, 0.3) is 22.3 Å². The molecule has 0 radical (unpaired) electrons. The molecule has 3 aliphatic rings. The average molecular weight is 700 g/mol. The highest BCUT2D eigenvalue weighted by Crippen LogP contribution is 2.37. The molecule has 4 heterocycles. The van der Waals surface area contributed by atoms with Crippen LogP contribution in [0.3, 0.4) is 0 Å². The van der Waals surface area contributed by atoms with Gasteiger partial charge in [-0.2, -0.15) is 0 Å². The molecule has 1 fully saturated rings. The molecule has 0 atom stereocenters. The number of nitrogen functional groups attached to an aromatic ring is 1. The first kappa shape index (κ1) is 31.7. The molecule has 9 nitrogen and oxygen atoms in total. The summed E-state index contributed by atoms with van der Waals surface area (Å²) in [5, 5.41) is 3.38. The van der Waals surface area contributed by atoms with E-state index in [1.807, 2.05) is 0 Å². The van der Waals surface area contributed by atoms with Crippen molar-refractivity contribution in [2.24, 2.45) is 5.92 Å². The lowest BCUT2D eigenvalue weighted by Gasteiger charge is -2.17. The number of hydrogen-bond acceptors (Lipinski definition) is 4. The van der Waals surface area contributed by atoms with E-state index in [9.17, 15) is 23.2 Å².